The van der Waals surface area contributed by atoms with Crippen molar-refractivity contribution in [3.05, 3.63) is 59.2 Å². The van der Waals surface area contributed by atoms with E-state index < -0.39 is 26.4 Å². The Morgan fingerprint density at radius 1 is 1.17 bits per heavy atom. The molecule has 23 heavy (non-hydrogen) atoms. The minimum Gasteiger partial charge on any atom is -0.330 e. The maximum Gasteiger partial charge on any atom is 0.209 e. The van der Waals surface area contributed by atoms with Gasteiger partial charge in [-0.25, -0.2) is 17.2 Å². The number of hydrogen-bond donors (Lipinski definition) is 1. The predicted molar refractivity (Wildman–Crippen MR) is 83.0 cm³/mol. The molecule has 0 amide bonds. The molecule has 0 saturated heterocycles. The Labute approximate surface area is 134 Å². The van der Waals surface area contributed by atoms with Gasteiger partial charge in [-0.3, -0.25) is 0 Å². The van der Waals surface area contributed by atoms with Crippen molar-refractivity contribution in [1.82, 2.24) is 0 Å². The molecule has 0 heterocycles. The van der Waals surface area contributed by atoms with E-state index in [0.717, 1.165) is 30.5 Å². The Morgan fingerprint density at radius 2 is 1.96 bits per heavy atom. The van der Waals surface area contributed by atoms with Gasteiger partial charge in [-0.05, 0) is 67.1 Å². The quantitative estimate of drug-likeness (QED) is 0.936. The Balaban J connectivity index is 2.14. The molecule has 1 aliphatic carbocycles. The summed E-state index contributed by atoms with van der Waals surface area (Å²) >= 11 is 0. The number of sulfone groups is 1. The van der Waals surface area contributed by atoms with E-state index in [-0.39, 0.29) is 10.8 Å². The molecule has 2 aromatic rings. The van der Waals surface area contributed by atoms with Crippen molar-refractivity contribution in [2.45, 2.75) is 35.0 Å². The van der Waals surface area contributed by atoms with Crippen molar-refractivity contribution in [3.8, 4) is 0 Å². The van der Waals surface area contributed by atoms with Gasteiger partial charge in [0.15, 0.2) is 0 Å². The zero-order valence-electron chi connectivity index (χ0n) is 12.4. The van der Waals surface area contributed by atoms with Crippen molar-refractivity contribution in [1.29, 1.82) is 0 Å². The Bertz CT molecular complexity index is 850. The molecule has 0 bridgehead atoms. The molecular formula is C17H17F2NO2S. The second kappa shape index (κ2) is 6.02. The third kappa shape index (κ3) is 2.77. The number of halogens is 2. The minimum absolute atomic E-state index is 0.0548. The molecule has 1 atom stereocenters. The molecule has 0 spiro atoms. The first kappa shape index (κ1) is 16.1. The van der Waals surface area contributed by atoms with Gasteiger partial charge in [0.05, 0.1) is 4.90 Å². The van der Waals surface area contributed by atoms with Crippen molar-refractivity contribution in [2.75, 3.05) is 6.54 Å². The summed E-state index contributed by atoms with van der Waals surface area (Å²) in [6.07, 6.45) is 2.14. The predicted octanol–water partition coefficient (Wildman–Crippen LogP) is 3.18. The lowest BCUT2D eigenvalue weighted by Gasteiger charge is -2.25. The van der Waals surface area contributed by atoms with Crippen LogP contribution in [-0.4, -0.2) is 15.0 Å². The molecule has 1 aliphatic rings. The maximum atomic E-state index is 14.8. The van der Waals surface area contributed by atoms with Gasteiger partial charge in [0.2, 0.25) is 9.84 Å². The highest BCUT2D eigenvalue weighted by molar-refractivity contribution is 7.91. The number of benzene rings is 2. The molecule has 0 radical (unpaired) electrons. The molecule has 122 valence electrons. The Kier molecular flexibility index (Phi) is 4.21. The molecule has 0 saturated carbocycles. The monoisotopic (exact) mass is 337 g/mol. The van der Waals surface area contributed by atoms with Crippen LogP contribution in [-0.2, 0) is 16.3 Å². The minimum atomic E-state index is -4.10. The summed E-state index contributed by atoms with van der Waals surface area (Å²) in [6, 6.07) is 7.51. The van der Waals surface area contributed by atoms with Crippen molar-refractivity contribution in [2.24, 2.45) is 5.73 Å². The lowest BCUT2D eigenvalue weighted by atomic mass is 9.82. The average Bonchev–Trinajstić information content (AvgIpc) is 2.54. The van der Waals surface area contributed by atoms with Gasteiger partial charge in [0.1, 0.15) is 16.5 Å². The molecule has 3 nitrogen and oxygen atoms in total. The van der Waals surface area contributed by atoms with E-state index in [2.05, 4.69) is 0 Å². The van der Waals surface area contributed by atoms with Gasteiger partial charge in [0, 0.05) is 0 Å². The summed E-state index contributed by atoms with van der Waals surface area (Å²) in [6.45, 7) is 0.405. The van der Waals surface area contributed by atoms with E-state index >= 15 is 0 Å². The third-order valence-corrected chi connectivity index (χ3v) is 6.11. The fraction of sp³-hybridized carbons (Fsp3) is 0.294. The highest BCUT2D eigenvalue weighted by Gasteiger charge is 2.29. The lowest BCUT2D eigenvalue weighted by Crippen LogP contribution is -2.20. The molecule has 0 fully saturated rings. The van der Waals surface area contributed by atoms with Crippen LogP contribution in [0.5, 0.6) is 0 Å². The van der Waals surface area contributed by atoms with Crippen LogP contribution in [0.3, 0.4) is 0 Å². The lowest BCUT2D eigenvalue weighted by molar-refractivity contribution is 0.509. The summed E-state index contributed by atoms with van der Waals surface area (Å²) in [5.74, 6) is -1.35. The first-order chi connectivity index (χ1) is 10.9. The van der Waals surface area contributed by atoms with E-state index in [4.69, 9.17) is 5.73 Å². The largest absolute Gasteiger partial charge is 0.330 e. The average molecular weight is 337 g/mol. The Hall–Kier alpha value is -1.79. The van der Waals surface area contributed by atoms with Crippen LogP contribution in [0, 0.1) is 11.6 Å². The van der Waals surface area contributed by atoms with Gasteiger partial charge >= 0.3 is 0 Å². The zero-order chi connectivity index (χ0) is 16.6. The number of rotatable bonds is 3. The third-order valence-electron chi connectivity index (χ3n) is 4.34. The summed E-state index contributed by atoms with van der Waals surface area (Å²) in [4.78, 5) is -0.651. The Morgan fingerprint density at radius 3 is 2.65 bits per heavy atom. The maximum absolute atomic E-state index is 14.8. The molecule has 0 aromatic heterocycles. The molecule has 6 heteroatoms. The number of hydrogen-bond acceptors (Lipinski definition) is 3. The SMILES string of the molecule is NCC1CCCc2c1ccc(S(=O)(=O)c1cccc(F)c1)c2F. The highest BCUT2D eigenvalue weighted by Crippen LogP contribution is 2.36. The summed E-state index contributed by atoms with van der Waals surface area (Å²) in [5, 5.41) is 0. The van der Waals surface area contributed by atoms with Crippen LogP contribution in [0.15, 0.2) is 46.2 Å². The molecule has 1 unspecified atom stereocenters. The fourth-order valence-electron chi connectivity index (χ4n) is 3.15. The highest BCUT2D eigenvalue weighted by atomic mass is 32.2. The number of fused-ring (bicyclic) bond motifs is 1. The van der Waals surface area contributed by atoms with Crippen molar-refractivity contribution >= 4 is 9.84 Å². The van der Waals surface area contributed by atoms with Crippen LogP contribution in [0.25, 0.3) is 0 Å². The van der Waals surface area contributed by atoms with Gasteiger partial charge in [-0.15, -0.1) is 0 Å². The smallest absolute Gasteiger partial charge is 0.209 e. The summed E-state index contributed by atoms with van der Waals surface area (Å²) in [5.41, 5.74) is 6.92. The van der Waals surface area contributed by atoms with Gasteiger partial charge in [-0.2, -0.15) is 0 Å². The first-order valence-corrected chi connectivity index (χ1v) is 8.95. The molecular weight excluding hydrogens is 320 g/mol. The standard InChI is InChI=1S/C17H17F2NO2S/c18-12-4-2-5-13(9-12)23(21,22)16-8-7-14-11(10-20)3-1-6-15(14)17(16)19/h2,4-5,7-9,11H,1,3,6,10,20H2. The summed E-state index contributed by atoms with van der Waals surface area (Å²) < 4.78 is 53.4. The zero-order valence-corrected chi connectivity index (χ0v) is 13.2. The van der Waals surface area contributed by atoms with Crippen LogP contribution in [0.2, 0.25) is 0 Å². The van der Waals surface area contributed by atoms with Gasteiger partial charge in [0.25, 0.3) is 0 Å². The molecule has 0 aliphatic heterocycles. The normalized spacial score (nSPS) is 17.8. The van der Waals surface area contributed by atoms with Crippen molar-refractivity contribution in [3.63, 3.8) is 0 Å². The van der Waals surface area contributed by atoms with Gasteiger partial charge in [-0.1, -0.05) is 12.1 Å². The van der Waals surface area contributed by atoms with Crippen molar-refractivity contribution < 1.29 is 17.2 Å². The number of nitrogens with two attached hydrogens (primary N) is 1. The first-order valence-electron chi connectivity index (χ1n) is 7.47. The van der Waals surface area contributed by atoms with Crippen LogP contribution in [0.1, 0.15) is 29.9 Å². The van der Waals surface area contributed by atoms with Crippen LogP contribution in [0.4, 0.5) is 8.78 Å². The van der Waals surface area contributed by atoms with E-state index in [1.165, 1.54) is 18.2 Å². The topological polar surface area (TPSA) is 60.2 Å². The summed E-state index contributed by atoms with van der Waals surface area (Å²) in [7, 11) is -4.10. The van der Waals surface area contributed by atoms with E-state index in [0.29, 0.717) is 18.5 Å². The van der Waals surface area contributed by atoms with Crippen LogP contribution >= 0.6 is 0 Å². The van der Waals surface area contributed by atoms with E-state index in [1.807, 2.05) is 0 Å². The molecule has 3 rings (SSSR count). The van der Waals surface area contributed by atoms with Crippen LogP contribution < -0.4 is 5.73 Å². The molecule has 2 aromatic carbocycles. The van der Waals surface area contributed by atoms with E-state index in [9.17, 15) is 17.2 Å². The second-order valence-corrected chi connectivity index (χ2v) is 7.65. The second-order valence-electron chi connectivity index (χ2n) is 5.73. The molecule has 2 N–H and O–H groups in total. The van der Waals surface area contributed by atoms with E-state index in [1.54, 1.807) is 6.07 Å². The fourth-order valence-corrected chi connectivity index (χ4v) is 4.53. The van der Waals surface area contributed by atoms with Gasteiger partial charge < -0.3 is 5.73 Å².